The van der Waals surface area contributed by atoms with Crippen LogP contribution < -0.4 is 25.0 Å². The number of benzene rings is 1. The maximum Gasteiger partial charge on any atom is 0.419 e. The van der Waals surface area contributed by atoms with E-state index in [0.717, 1.165) is 44.0 Å². The van der Waals surface area contributed by atoms with Crippen LogP contribution >= 0.6 is 23.5 Å². The smallest absolute Gasteiger partial charge is 0.419 e. The number of rotatable bonds is 7. The van der Waals surface area contributed by atoms with Gasteiger partial charge in [0.2, 0.25) is 5.95 Å². The van der Waals surface area contributed by atoms with Gasteiger partial charge in [0.15, 0.2) is 0 Å². The first-order valence-corrected chi connectivity index (χ1v) is 15.0. The molecule has 0 bridgehead atoms. The summed E-state index contributed by atoms with van der Waals surface area (Å²) in [7, 11) is 3.40. The van der Waals surface area contributed by atoms with E-state index in [9.17, 15) is 13.2 Å². The number of ether oxygens (including phenoxy) is 1. The Morgan fingerprint density at radius 1 is 1.21 bits per heavy atom. The van der Waals surface area contributed by atoms with Crippen LogP contribution in [0.4, 0.5) is 30.5 Å². The predicted molar refractivity (Wildman–Crippen MR) is 158 cm³/mol. The molecule has 1 aliphatic carbocycles. The van der Waals surface area contributed by atoms with Gasteiger partial charge >= 0.3 is 6.18 Å². The van der Waals surface area contributed by atoms with E-state index in [1.807, 2.05) is 13.3 Å². The Morgan fingerprint density at radius 3 is 2.36 bits per heavy atom. The second-order valence-corrected chi connectivity index (χ2v) is 10.6. The van der Waals surface area contributed by atoms with Crippen LogP contribution in [0.5, 0.6) is 5.75 Å². The standard InChI is InChI=1S/C17H19ClF3N5O.C8H16.C2H7NS/c1-10-11(17(19,20)21)9-23-16(24-10)25-13-7-12(18)14(8-15(13)27-2)26-5-3-22-4-6-26;1-2-5-8-6-3-4-7-8;1-3-4-2/h7-9,22H,3-6H2,1-2H3,(H,23,24,25);8H,2-7H2,1H3;3H,1-2H3. The van der Waals surface area contributed by atoms with Crippen molar-refractivity contribution in [3.05, 3.63) is 34.6 Å². The van der Waals surface area contributed by atoms with Gasteiger partial charge in [0.25, 0.3) is 0 Å². The molecular weight excluding hydrogens is 549 g/mol. The van der Waals surface area contributed by atoms with E-state index in [0.29, 0.717) is 16.5 Å². The number of methoxy groups -OCH3 is 1. The van der Waals surface area contributed by atoms with Gasteiger partial charge in [-0.2, -0.15) is 13.2 Å². The van der Waals surface area contributed by atoms with Crippen molar-refractivity contribution in [3.63, 3.8) is 0 Å². The molecule has 2 aliphatic rings. The first kappa shape index (κ1) is 33.3. The predicted octanol–water partition coefficient (Wildman–Crippen LogP) is 7.08. The minimum Gasteiger partial charge on any atom is -0.494 e. The Hall–Kier alpha value is -1.95. The summed E-state index contributed by atoms with van der Waals surface area (Å²) in [6.07, 6.45) is 7.18. The highest BCUT2D eigenvalue weighted by atomic mass is 35.5. The average molecular weight is 591 g/mol. The minimum atomic E-state index is -4.49. The summed E-state index contributed by atoms with van der Waals surface area (Å²) in [5.74, 6) is 1.64. The zero-order valence-electron chi connectivity index (χ0n) is 23.6. The summed E-state index contributed by atoms with van der Waals surface area (Å²) in [6, 6.07) is 3.46. The maximum atomic E-state index is 12.9. The number of nitrogens with one attached hydrogen (secondary N) is 3. The van der Waals surface area contributed by atoms with Crippen molar-refractivity contribution in [2.24, 2.45) is 5.92 Å². The number of piperazine rings is 1. The molecule has 7 nitrogen and oxygen atoms in total. The summed E-state index contributed by atoms with van der Waals surface area (Å²) in [6.45, 7) is 6.92. The van der Waals surface area contributed by atoms with E-state index >= 15 is 0 Å². The highest BCUT2D eigenvalue weighted by Gasteiger charge is 2.33. The highest BCUT2D eigenvalue weighted by molar-refractivity contribution is 7.96. The lowest BCUT2D eigenvalue weighted by Gasteiger charge is -2.30. The van der Waals surface area contributed by atoms with Crippen molar-refractivity contribution in [3.8, 4) is 5.75 Å². The Bertz CT molecular complexity index is 1000. The molecule has 0 unspecified atom stereocenters. The normalized spacial score (nSPS) is 15.7. The van der Waals surface area contributed by atoms with E-state index < -0.39 is 11.7 Å². The third-order valence-electron chi connectivity index (χ3n) is 6.63. The Balaban J connectivity index is 0.000000368. The molecule has 0 radical (unpaired) electrons. The van der Waals surface area contributed by atoms with Crippen LogP contribution in [-0.2, 0) is 6.18 Å². The first-order valence-electron chi connectivity index (χ1n) is 13.3. The maximum absolute atomic E-state index is 12.9. The van der Waals surface area contributed by atoms with Crippen LogP contribution in [0.3, 0.4) is 0 Å². The SMILES string of the molecule is CCCC1CCCC1.CNSC.COc1cc(N2CCNCC2)c(Cl)cc1Nc1ncc(C(F)(F)F)c(C)n1. The highest BCUT2D eigenvalue weighted by Crippen LogP contribution is 2.38. The van der Waals surface area contributed by atoms with Gasteiger partial charge in [-0.05, 0) is 32.2 Å². The van der Waals surface area contributed by atoms with Crippen molar-refractivity contribution >= 4 is 40.9 Å². The summed E-state index contributed by atoms with van der Waals surface area (Å²) in [4.78, 5) is 9.79. The molecule has 2 heterocycles. The zero-order valence-corrected chi connectivity index (χ0v) is 25.1. The fraction of sp³-hybridized carbons (Fsp3) is 0.630. The lowest BCUT2D eigenvalue weighted by Crippen LogP contribution is -2.43. The van der Waals surface area contributed by atoms with E-state index in [1.54, 1.807) is 24.1 Å². The topological polar surface area (TPSA) is 74.3 Å². The summed E-state index contributed by atoms with van der Waals surface area (Å²) < 4.78 is 46.8. The number of hydrogen-bond donors (Lipinski definition) is 3. The van der Waals surface area contributed by atoms with Crippen LogP contribution in [0.25, 0.3) is 0 Å². The molecule has 0 spiro atoms. The number of aromatic nitrogens is 2. The monoisotopic (exact) mass is 590 g/mol. The second kappa shape index (κ2) is 17.0. The van der Waals surface area contributed by atoms with Gasteiger partial charge in [0.05, 0.1) is 34.8 Å². The van der Waals surface area contributed by atoms with Gasteiger partial charge in [-0.1, -0.05) is 69.0 Å². The second-order valence-electron chi connectivity index (χ2n) is 9.40. The summed E-state index contributed by atoms with van der Waals surface area (Å²) in [5.41, 5.74) is 0.278. The molecule has 1 aromatic carbocycles. The molecule has 1 aliphatic heterocycles. The van der Waals surface area contributed by atoms with Crippen LogP contribution in [0.15, 0.2) is 18.3 Å². The Labute approximate surface area is 240 Å². The zero-order chi connectivity index (χ0) is 28.8. The average Bonchev–Trinajstić information content (AvgIpc) is 3.43. The summed E-state index contributed by atoms with van der Waals surface area (Å²) in [5, 5.41) is 6.66. The van der Waals surface area contributed by atoms with Gasteiger partial charge < -0.3 is 20.3 Å². The fourth-order valence-electron chi connectivity index (χ4n) is 4.59. The van der Waals surface area contributed by atoms with E-state index in [1.165, 1.54) is 52.6 Å². The number of anilines is 3. The largest absolute Gasteiger partial charge is 0.494 e. The first-order chi connectivity index (χ1) is 18.6. The van der Waals surface area contributed by atoms with Gasteiger partial charge in [-0.25, -0.2) is 9.97 Å². The number of nitrogens with zero attached hydrogens (tertiary/aromatic N) is 3. The molecule has 4 rings (SSSR count). The lowest BCUT2D eigenvalue weighted by atomic mass is 10.0. The van der Waals surface area contributed by atoms with Crippen LogP contribution in [-0.4, -0.2) is 56.6 Å². The molecule has 1 saturated carbocycles. The quantitative estimate of drug-likeness (QED) is 0.295. The summed E-state index contributed by atoms with van der Waals surface area (Å²) >= 11 is 8.03. The molecular formula is C27H42ClF3N6OS. The van der Waals surface area contributed by atoms with Crippen molar-refractivity contribution in [1.29, 1.82) is 0 Å². The van der Waals surface area contributed by atoms with E-state index in [2.05, 4.69) is 37.1 Å². The number of alkyl halides is 3. The van der Waals surface area contributed by atoms with Crippen molar-refractivity contribution in [1.82, 2.24) is 20.0 Å². The number of hydrogen-bond acceptors (Lipinski definition) is 8. The molecule has 2 fully saturated rings. The lowest BCUT2D eigenvalue weighted by molar-refractivity contribution is -0.138. The molecule has 1 aromatic heterocycles. The van der Waals surface area contributed by atoms with Crippen molar-refractivity contribution in [2.45, 2.75) is 58.5 Å². The molecule has 12 heteroatoms. The molecule has 2 aromatic rings. The molecule has 0 amide bonds. The van der Waals surface area contributed by atoms with Gasteiger partial charge in [0, 0.05) is 38.4 Å². The third-order valence-corrected chi connectivity index (χ3v) is 7.34. The third kappa shape index (κ3) is 10.9. The van der Waals surface area contributed by atoms with Crippen LogP contribution in [0.2, 0.25) is 5.02 Å². The number of aryl methyl sites for hydroxylation is 1. The van der Waals surface area contributed by atoms with E-state index in [4.69, 9.17) is 16.3 Å². The molecule has 3 N–H and O–H groups in total. The molecule has 39 heavy (non-hydrogen) atoms. The Kier molecular flexibility index (Phi) is 14.5. The van der Waals surface area contributed by atoms with Crippen molar-refractivity contribution < 1.29 is 17.9 Å². The molecule has 220 valence electrons. The van der Waals surface area contributed by atoms with Crippen LogP contribution in [0, 0.1) is 12.8 Å². The van der Waals surface area contributed by atoms with Crippen molar-refractivity contribution in [2.75, 3.05) is 56.8 Å². The van der Waals surface area contributed by atoms with E-state index in [-0.39, 0.29) is 11.6 Å². The fourth-order valence-corrected chi connectivity index (χ4v) is 4.87. The van der Waals surface area contributed by atoms with Gasteiger partial charge in [0.1, 0.15) is 5.75 Å². The minimum absolute atomic E-state index is 0.0322. The van der Waals surface area contributed by atoms with Gasteiger partial charge in [-0.15, -0.1) is 0 Å². The molecule has 1 saturated heterocycles. The molecule has 0 atom stereocenters. The van der Waals surface area contributed by atoms with Crippen LogP contribution in [0.1, 0.15) is 56.7 Å². The number of halogens is 4. The Morgan fingerprint density at radius 2 is 1.85 bits per heavy atom. The van der Waals surface area contributed by atoms with Gasteiger partial charge in [-0.3, -0.25) is 4.72 Å².